The normalized spacial score (nSPS) is 24.5. The van der Waals surface area contributed by atoms with E-state index in [1.165, 1.54) is 7.11 Å². The van der Waals surface area contributed by atoms with Crippen LogP contribution < -0.4 is 5.32 Å². The Kier molecular flexibility index (Phi) is 5.23. The third-order valence-electron chi connectivity index (χ3n) is 6.00. The Labute approximate surface area is 173 Å². The van der Waals surface area contributed by atoms with Crippen LogP contribution in [-0.4, -0.2) is 37.4 Å². The summed E-state index contributed by atoms with van der Waals surface area (Å²) in [6.45, 7) is 2.41. The van der Waals surface area contributed by atoms with Crippen molar-refractivity contribution in [2.75, 3.05) is 7.11 Å². The van der Waals surface area contributed by atoms with Crippen molar-refractivity contribution in [3.05, 3.63) is 53.9 Å². The molecule has 0 spiro atoms. The number of hydrogen-bond donors (Lipinski definition) is 1. The van der Waals surface area contributed by atoms with Crippen molar-refractivity contribution in [1.82, 2.24) is 29.7 Å². The predicted octanol–water partition coefficient (Wildman–Crippen LogP) is 2.91. The molecule has 3 aromatic rings. The van der Waals surface area contributed by atoms with E-state index >= 15 is 0 Å². The molecule has 0 atom stereocenters. The lowest BCUT2D eigenvalue weighted by molar-refractivity contribution is -0.154. The summed E-state index contributed by atoms with van der Waals surface area (Å²) < 4.78 is 7.00. The van der Waals surface area contributed by atoms with Gasteiger partial charge in [0.1, 0.15) is 0 Å². The summed E-state index contributed by atoms with van der Waals surface area (Å²) >= 11 is 6.21. The van der Waals surface area contributed by atoms with Gasteiger partial charge < -0.3 is 14.5 Å². The topological polar surface area (TPSA) is 94.3 Å². The number of nitrogens with zero attached hydrogens (tertiary/aromatic N) is 5. The first-order valence-electron chi connectivity index (χ1n) is 9.53. The highest BCUT2D eigenvalue weighted by Crippen LogP contribution is 2.46. The first kappa shape index (κ1) is 19.7. The van der Waals surface area contributed by atoms with E-state index in [-0.39, 0.29) is 5.97 Å². The van der Waals surface area contributed by atoms with Gasteiger partial charge in [0, 0.05) is 31.3 Å². The summed E-state index contributed by atoms with van der Waals surface area (Å²) in [4.78, 5) is 29.7. The summed E-state index contributed by atoms with van der Waals surface area (Å²) in [6.07, 6.45) is 13.2. The van der Waals surface area contributed by atoms with E-state index in [4.69, 9.17) is 21.3 Å². The van der Waals surface area contributed by atoms with E-state index in [0.29, 0.717) is 30.2 Å². The van der Waals surface area contributed by atoms with Crippen molar-refractivity contribution < 1.29 is 9.53 Å². The molecule has 0 bridgehead atoms. The number of methoxy groups -OCH3 is 1. The van der Waals surface area contributed by atoms with Crippen molar-refractivity contribution in [3.8, 4) is 0 Å². The lowest BCUT2D eigenvalue weighted by Crippen LogP contribution is -2.49. The number of hydrogen-bond acceptors (Lipinski definition) is 7. The highest BCUT2D eigenvalue weighted by atomic mass is 35.5. The molecule has 1 fully saturated rings. The molecule has 29 heavy (non-hydrogen) atoms. The van der Waals surface area contributed by atoms with Crippen molar-refractivity contribution in [1.29, 1.82) is 0 Å². The summed E-state index contributed by atoms with van der Waals surface area (Å²) in [6, 6.07) is 0. The molecule has 1 saturated carbocycles. The van der Waals surface area contributed by atoms with Gasteiger partial charge in [0.05, 0.1) is 47.5 Å². The van der Waals surface area contributed by atoms with E-state index in [9.17, 15) is 4.79 Å². The number of carbonyl (C=O) groups is 1. The van der Waals surface area contributed by atoms with Crippen LogP contribution in [0.5, 0.6) is 0 Å². The van der Waals surface area contributed by atoms with Gasteiger partial charge in [0.2, 0.25) is 0 Å². The zero-order valence-corrected chi connectivity index (χ0v) is 17.2. The lowest BCUT2D eigenvalue weighted by atomic mass is 9.67. The quantitative estimate of drug-likeness (QED) is 0.641. The Bertz CT molecular complexity index is 1030. The van der Waals surface area contributed by atoms with Crippen LogP contribution in [0.2, 0.25) is 5.15 Å². The first-order chi connectivity index (χ1) is 14.0. The number of nitrogens with one attached hydrogen (secondary N) is 1. The average molecular weight is 415 g/mol. The second-order valence-electron chi connectivity index (χ2n) is 7.74. The molecule has 9 heteroatoms. The highest BCUT2D eigenvalue weighted by molar-refractivity contribution is 6.29. The molecule has 8 nitrogen and oxygen atoms in total. The molecule has 3 heterocycles. The third kappa shape index (κ3) is 3.58. The fourth-order valence-electron chi connectivity index (χ4n) is 4.11. The second-order valence-corrected chi connectivity index (χ2v) is 8.10. The van der Waals surface area contributed by atoms with Gasteiger partial charge in [0.25, 0.3) is 0 Å². The monoisotopic (exact) mass is 414 g/mol. The van der Waals surface area contributed by atoms with Crippen LogP contribution in [-0.2, 0) is 21.6 Å². The lowest BCUT2D eigenvalue weighted by Gasteiger charge is -2.43. The van der Waals surface area contributed by atoms with Crippen LogP contribution >= 0.6 is 11.6 Å². The van der Waals surface area contributed by atoms with Gasteiger partial charge >= 0.3 is 5.97 Å². The molecule has 0 aromatic carbocycles. The third-order valence-corrected chi connectivity index (χ3v) is 6.31. The minimum Gasteiger partial charge on any atom is -0.469 e. The van der Waals surface area contributed by atoms with Crippen LogP contribution in [0.1, 0.15) is 44.0 Å². The number of imidazole rings is 1. The van der Waals surface area contributed by atoms with Crippen LogP contribution in [0, 0.1) is 5.41 Å². The minimum absolute atomic E-state index is 0.167. The van der Waals surface area contributed by atoms with Crippen LogP contribution in [0.15, 0.2) is 37.3 Å². The van der Waals surface area contributed by atoms with Gasteiger partial charge in [-0.15, -0.1) is 0 Å². The molecule has 0 saturated heterocycles. The molecule has 0 unspecified atom stereocenters. The van der Waals surface area contributed by atoms with Gasteiger partial charge in [-0.05, 0) is 32.6 Å². The van der Waals surface area contributed by atoms with E-state index in [2.05, 4.69) is 20.3 Å². The number of fused-ring (bicyclic) bond motifs is 1. The van der Waals surface area contributed by atoms with Crippen molar-refractivity contribution in [2.45, 2.75) is 44.7 Å². The fraction of sp³-hybridized carbons (Fsp3) is 0.450. The molecule has 0 radical (unpaired) electrons. The van der Waals surface area contributed by atoms with Crippen LogP contribution in [0.25, 0.3) is 5.52 Å². The SMILES string of the molecule is COC(=O)C1(C)CCC(NCc2nccnc2Cl)(c2ncn3ccncc23)CC1. The number of rotatable bonds is 5. The second kappa shape index (κ2) is 7.68. The maximum absolute atomic E-state index is 12.3. The molecule has 1 aliphatic rings. The molecule has 1 aliphatic carbocycles. The summed E-state index contributed by atoms with van der Waals surface area (Å²) in [7, 11) is 1.44. The van der Waals surface area contributed by atoms with E-state index in [0.717, 1.165) is 24.1 Å². The molecule has 0 amide bonds. The maximum atomic E-state index is 12.3. The van der Waals surface area contributed by atoms with Gasteiger partial charge in [-0.3, -0.25) is 14.8 Å². The number of esters is 1. The zero-order chi connectivity index (χ0) is 20.5. The number of ether oxygens (including phenoxy) is 1. The fourth-order valence-corrected chi connectivity index (χ4v) is 4.28. The number of carbonyl (C=O) groups excluding carboxylic acids is 1. The maximum Gasteiger partial charge on any atom is 0.311 e. The number of aromatic nitrogens is 5. The standard InChI is InChI=1S/C20H23ClN6O2/c1-19(18(28)29-2)3-5-20(6-4-19,26-11-14-17(21)24-8-7-23-14)16-15-12-22-9-10-27(15)13-25-16/h7-10,12-13,26H,3-6,11H2,1-2H3. The molecule has 1 N–H and O–H groups in total. The number of halogens is 1. The molecule has 4 rings (SSSR count). The predicted molar refractivity (Wildman–Crippen MR) is 107 cm³/mol. The molecular formula is C20H23ClN6O2. The Hall–Kier alpha value is -2.58. The van der Waals surface area contributed by atoms with Crippen molar-refractivity contribution in [2.24, 2.45) is 5.41 Å². The Morgan fingerprint density at radius 2 is 1.97 bits per heavy atom. The van der Waals surface area contributed by atoms with Crippen LogP contribution in [0.3, 0.4) is 0 Å². The van der Waals surface area contributed by atoms with Gasteiger partial charge in [-0.25, -0.2) is 9.97 Å². The molecule has 3 aromatic heterocycles. The summed E-state index contributed by atoms with van der Waals surface area (Å²) in [5.74, 6) is -0.167. The van der Waals surface area contributed by atoms with Crippen molar-refractivity contribution in [3.63, 3.8) is 0 Å². The highest BCUT2D eigenvalue weighted by Gasteiger charge is 2.47. The zero-order valence-electron chi connectivity index (χ0n) is 16.4. The van der Waals surface area contributed by atoms with E-state index < -0.39 is 11.0 Å². The molecule has 0 aliphatic heterocycles. The van der Waals surface area contributed by atoms with E-state index in [1.54, 1.807) is 24.9 Å². The van der Waals surface area contributed by atoms with Gasteiger partial charge in [-0.2, -0.15) is 0 Å². The minimum atomic E-state index is -0.502. The first-order valence-corrected chi connectivity index (χ1v) is 9.91. The summed E-state index contributed by atoms with van der Waals surface area (Å²) in [5, 5.41) is 4.02. The smallest absolute Gasteiger partial charge is 0.311 e. The van der Waals surface area contributed by atoms with E-state index in [1.807, 2.05) is 23.7 Å². The Morgan fingerprint density at radius 3 is 2.69 bits per heavy atom. The Morgan fingerprint density at radius 1 is 1.21 bits per heavy atom. The average Bonchev–Trinajstić information content (AvgIpc) is 3.19. The van der Waals surface area contributed by atoms with Gasteiger partial charge in [-0.1, -0.05) is 11.6 Å². The molecular weight excluding hydrogens is 392 g/mol. The summed E-state index contributed by atoms with van der Waals surface area (Å²) in [5.41, 5.74) is 1.59. The van der Waals surface area contributed by atoms with Crippen molar-refractivity contribution >= 4 is 23.1 Å². The molecule has 152 valence electrons. The van der Waals surface area contributed by atoms with Gasteiger partial charge in [0.15, 0.2) is 5.15 Å². The van der Waals surface area contributed by atoms with Crippen LogP contribution in [0.4, 0.5) is 0 Å². The largest absolute Gasteiger partial charge is 0.469 e. The Balaban J connectivity index is 1.68.